The number of fused-ring (bicyclic) bond motifs is 1. The first-order valence-corrected chi connectivity index (χ1v) is 6.65. The molecule has 1 aliphatic rings. The number of nitrogens with one attached hydrogen (secondary N) is 1. The molecule has 0 saturated carbocycles. The molecule has 1 atom stereocenters. The summed E-state index contributed by atoms with van der Waals surface area (Å²) in [5, 5.41) is 3.26. The number of hydrogen-bond acceptors (Lipinski definition) is 1. The molecule has 0 fully saturated rings. The smallest absolute Gasteiger partial charge is 0.117 e. The van der Waals surface area contributed by atoms with Gasteiger partial charge in [0.1, 0.15) is 5.67 Å². The maximum Gasteiger partial charge on any atom is 0.117 e. The summed E-state index contributed by atoms with van der Waals surface area (Å²) in [6, 6.07) is 8.84. The summed E-state index contributed by atoms with van der Waals surface area (Å²) >= 11 is 0. The molecule has 0 aromatic heterocycles. The summed E-state index contributed by atoms with van der Waals surface area (Å²) in [6.07, 6.45) is 4.29. The molecule has 0 radical (unpaired) electrons. The number of benzene rings is 1. The minimum Gasteiger partial charge on any atom is -0.311 e. The molecule has 0 bridgehead atoms. The Morgan fingerprint density at radius 1 is 1.33 bits per heavy atom. The van der Waals surface area contributed by atoms with Crippen LogP contribution < -0.4 is 5.32 Å². The van der Waals surface area contributed by atoms with Gasteiger partial charge < -0.3 is 5.32 Å². The van der Waals surface area contributed by atoms with Crippen molar-refractivity contribution < 1.29 is 4.39 Å². The largest absolute Gasteiger partial charge is 0.311 e. The number of alkyl halides is 1. The normalized spacial score (nSPS) is 16.3. The van der Waals surface area contributed by atoms with E-state index in [2.05, 4.69) is 42.6 Å². The van der Waals surface area contributed by atoms with Gasteiger partial charge in [-0.3, -0.25) is 0 Å². The molecule has 0 saturated heterocycles. The third-order valence-electron chi connectivity index (χ3n) is 3.33. The zero-order chi connectivity index (χ0) is 13.2. The summed E-state index contributed by atoms with van der Waals surface area (Å²) < 4.78 is 13.4. The van der Waals surface area contributed by atoms with Crippen LogP contribution >= 0.6 is 0 Å². The Kier molecular flexibility index (Phi) is 3.86. The van der Waals surface area contributed by atoms with Gasteiger partial charge in [-0.05, 0) is 50.3 Å². The predicted molar refractivity (Wildman–Crippen MR) is 75.4 cm³/mol. The van der Waals surface area contributed by atoms with E-state index in [1.165, 1.54) is 16.7 Å². The minimum atomic E-state index is -1.14. The second-order valence-corrected chi connectivity index (χ2v) is 5.80. The van der Waals surface area contributed by atoms with E-state index in [1.807, 2.05) is 0 Å². The van der Waals surface area contributed by atoms with Crippen LogP contribution in [0.25, 0.3) is 5.57 Å². The van der Waals surface area contributed by atoms with E-state index < -0.39 is 5.67 Å². The van der Waals surface area contributed by atoms with E-state index in [0.717, 1.165) is 12.8 Å². The van der Waals surface area contributed by atoms with Crippen molar-refractivity contribution in [2.45, 2.75) is 45.3 Å². The minimum absolute atomic E-state index is 0.303. The van der Waals surface area contributed by atoms with Gasteiger partial charge in [0.15, 0.2) is 0 Å². The first-order chi connectivity index (χ1) is 8.46. The molecular formula is C16H22FN. The van der Waals surface area contributed by atoms with Gasteiger partial charge in [-0.1, -0.05) is 30.3 Å². The second kappa shape index (κ2) is 5.23. The Balaban J connectivity index is 1.92. The van der Waals surface area contributed by atoms with Gasteiger partial charge in [0.05, 0.1) is 0 Å². The van der Waals surface area contributed by atoms with Crippen LogP contribution in [0.3, 0.4) is 0 Å². The summed E-state index contributed by atoms with van der Waals surface area (Å²) in [5.74, 6) is 0. The van der Waals surface area contributed by atoms with Crippen molar-refractivity contribution in [1.82, 2.24) is 5.32 Å². The molecule has 2 heteroatoms. The second-order valence-electron chi connectivity index (χ2n) is 5.80. The highest BCUT2D eigenvalue weighted by atomic mass is 19.1. The Morgan fingerprint density at radius 3 is 2.78 bits per heavy atom. The number of halogens is 1. The van der Waals surface area contributed by atoms with E-state index >= 15 is 0 Å². The van der Waals surface area contributed by atoms with Crippen molar-refractivity contribution in [1.29, 1.82) is 0 Å². The van der Waals surface area contributed by atoms with Crippen molar-refractivity contribution in [3.05, 3.63) is 41.5 Å². The molecule has 0 unspecified atom stereocenters. The molecule has 0 heterocycles. The van der Waals surface area contributed by atoms with E-state index in [1.54, 1.807) is 13.8 Å². The Hall–Kier alpha value is -1.15. The topological polar surface area (TPSA) is 12.0 Å². The predicted octanol–water partition coefficient (Wildman–Crippen LogP) is 3.74. The standard InChI is InChI=1S/C16H22FN/c1-12(18-11-16(2,3)17)10-14-9-8-13-6-4-5-7-15(13)14/h4-7,9,12,18H,8,10-11H2,1-3H3/t12-/m1/s1. The number of rotatable bonds is 5. The zero-order valence-corrected chi connectivity index (χ0v) is 11.5. The fourth-order valence-corrected chi connectivity index (χ4v) is 2.37. The van der Waals surface area contributed by atoms with Gasteiger partial charge in [0.2, 0.25) is 0 Å². The van der Waals surface area contributed by atoms with Gasteiger partial charge in [-0.15, -0.1) is 0 Å². The van der Waals surface area contributed by atoms with E-state index in [0.29, 0.717) is 12.6 Å². The third-order valence-corrected chi connectivity index (χ3v) is 3.33. The fraction of sp³-hybridized carbons (Fsp3) is 0.500. The van der Waals surface area contributed by atoms with Gasteiger partial charge >= 0.3 is 0 Å². The van der Waals surface area contributed by atoms with Crippen molar-refractivity contribution in [2.75, 3.05) is 6.54 Å². The molecule has 0 spiro atoms. The Morgan fingerprint density at radius 2 is 2.06 bits per heavy atom. The average Bonchev–Trinajstić information content (AvgIpc) is 2.70. The van der Waals surface area contributed by atoms with E-state index in [-0.39, 0.29) is 0 Å². The SMILES string of the molecule is C[C@H](CC1=CCc2ccccc21)NCC(C)(C)F. The molecule has 1 aromatic rings. The van der Waals surface area contributed by atoms with Crippen LogP contribution in [0, 0.1) is 0 Å². The van der Waals surface area contributed by atoms with Crippen LogP contribution in [-0.4, -0.2) is 18.3 Å². The van der Waals surface area contributed by atoms with Crippen LogP contribution in [0.5, 0.6) is 0 Å². The molecule has 0 aliphatic heterocycles. The van der Waals surface area contributed by atoms with Crippen molar-refractivity contribution in [3.8, 4) is 0 Å². The van der Waals surface area contributed by atoms with Crippen LogP contribution in [0.2, 0.25) is 0 Å². The molecular weight excluding hydrogens is 225 g/mol. The van der Waals surface area contributed by atoms with Crippen LogP contribution in [0.4, 0.5) is 4.39 Å². The Labute approximate surface area is 109 Å². The van der Waals surface area contributed by atoms with Gasteiger partial charge in [-0.25, -0.2) is 4.39 Å². The van der Waals surface area contributed by atoms with Crippen LogP contribution in [0.1, 0.15) is 38.3 Å². The first-order valence-electron chi connectivity index (χ1n) is 6.65. The maximum atomic E-state index is 13.4. The molecule has 1 N–H and O–H groups in total. The highest BCUT2D eigenvalue weighted by molar-refractivity contribution is 5.73. The zero-order valence-electron chi connectivity index (χ0n) is 11.5. The van der Waals surface area contributed by atoms with Crippen LogP contribution in [-0.2, 0) is 6.42 Å². The van der Waals surface area contributed by atoms with Gasteiger partial charge in [0.25, 0.3) is 0 Å². The molecule has 0 amide bonds. The summed E-state index contributed by atoms with van der Waals surface area (Å²) in [6.45, 7) is 5.74. The lowest BCUT2D eigenvalue weighted by Gasteiger charge is -2.20. The molecule has 98 valence electrons. The number of allylic oxidation sites excluding steroid dienone is 1. The van der Waals surface area contributed by atoms with Crippen LogP contribution in [0.15, 0.2) is 30.3 Å². The summed E-state index contributed by atoms with van der Waals surface area (Å²) in [5.41, 5.74) is 3.02. The molecule has 18 heavy (non-hydrogen) atoms. The average molecular weight is 247 g/mol. The lowest BCUT2D eigenvalue weighted by atomic mass is 10.00. The van der Waals surface area contributed by atoms with E-state index in [9.17, 15) is 4.39 Å². The quantitative estimate of drug-likeness (QED) is 0.835. The third kappa shape index (κ3) is 3.42. The highest BCUT2D eigenvalue weighted by Crippen LogP contribution is 2.30. The molecule has 1 nitrogen and oxygen atoms in total. The lowest BCUT2D eigenvalue weighted by Crippen LogP contribution is -2.36. The fourth-order valence-electron chi connectivity index (χ4n) is 2.37. The maximum absolute atomic E-state index is 13.4. The lowest BCUT2D eigenvalue weighted by molar-refractivity contribution is 0.204. The van der Waals surface area contributed by atoms with Gasteiger partial charge in [-0.2, -0.15) is 0 Å². The number of hydrogen-bond donors (Lipinski definition) is 1. The summed E-state index contributed by atoms with van der Waals surface area (Å²) in [4.78, 5) is 0. The molecule has 1 aromatic carbocycles. The first kappa shape index (κ1) is 13.3. The van der Waals surface area contributed by atoms with Crippen molar-refractivity contribution >= 4 is 5.57 Å². The van der Waals surface area contributed by atoms with Crippen molar-refractivity contribution in [2.24, 2.45) is 0 Å². The highest BCUT2D eigenvalue weighted by Gasteiger charge is 2.19. The van der Waals surface area contributed by atoms with E-state index in [4.69, 9.17) is 0 Å². The Bertz CT molecular complexity index is 443. The molecule has 2 rings (SSSR count). The van der Waals surface area contributed by atoms with Crippen molar-refractivity contribution in [3.63, 3.8) is 0 Å². The van der Waals surface area contributed by atoms with Gasteiger partial charge in [0, 0.05) is 12.6 Å². The summed E-state index contributed by atoms with van der Waals surface area (Å²) in [7, 11) is 0. The monoisotopic (exact) mass is 247 g/mol. The molecule has 1 aliphatic carbocycles.